The molecule has 1 aliphatic rings. The predicted octanol–water partition coefficient (Wildman–Crippen LogP) is 5.25. The van der Waals surface area contributed by atoms with Crippen LogP contribution >= 0.6 is 11.3 Å². The zero-order valence-corrected chi connectivity index (χ0v) is 20.5. The SMILES string of the molecule is COc1ccc(C(=O)N/C(=C\c2cccs2)C(=O)N[C@@H]2CC(C)(C)Oc3ccc(C)cc32)cc1. The standard InChI is InChI=1S/C27H28N2O4S/c1-17-7-12-24-21(14-17)23(16-27(2,3)33-24)29-26(31)22(15-20-6-5-13-34-20)28-25(30)18-8-10-19(32-4)11-9-18/h5-15,23H,16H2,1-4H3,(H,28,30)(H,29,31)/b22-15-/t23-/m1/s1. The van der Waals surface area contributed by atoms with Crippen LogP contribution in [-0.2, 0) is 4.79 Å². The number of rotatable bonds is 6. The number of carbonyl (C=O) groups excluding carboxylic acids is 2. The van der Waals surface area contributed by atoms with Gasteiger partial charge in [0.2, 0.25) is 0 Å². The number of ether oxygens (including phenoxy) is 2. The van der Waals surface area contributed by atoms with Gasteiger partial charge in [-0.3, -0.25) is 9.59 Å². The smallest absolute Gasteiger partial charge is 0.268 e. The number of hydrogen-bond donors (Lipinski definition) is 2. The Balaban J connectivity index is 1.60. The summed E-state index contributed by atoms with van der Waals surface area (Å²) in [6, 6.07) is 16.3. The van der Waals surface area contributed by atoms with Gasteiger partial charge in [-0.1, -0.05) is 23.8 Å². The molecule has 0 unspecified atom stereocenters. The van der Waals surface area contributed by atoms with Gasteiger partial charge < -0.3 is 20.1 Å². The third kappa shape index (κ3) is 5.48. The minimum atomic E-state index is -0.440. The van der Waals surface area contributed by atoms with Crippen LogP contribution in [0.15, 0.2) is 65.7 Å². The minimum absolute atomic E-state index is 0.182. The third-order valence-electron chi connectivity index (χ3n) is 5.60. The Morgan fingerprint density at radius 3 is 2.59 bits per heavy atom. The van der Waals surface area contributed by atoms with E-state index in [1.165, 1.54) is 11.3 Å². The maximum atomic E-state index is 13.5. The summed E-state index contributed by atoms with van der Waals surface area (Å²) in [6.45, 7) is 6.02. The molecular weight excluding hydrogens is 448 g/mol. The number of amides is 2. The Hall–Kier alpha value is -3.58. The van der Waals surface area contributed by atoms with E-state index >= 15 is 0 Å². The van der Waals surface area contributed by atoms with Gasteiger partial charge in [0, 0.05) is 22.4 Å². The number of hydrogen-bond acceptors (Lipinski definition) is 5. The largest absolute Gasteiger partial charge is 0.497 e. The molecule has 176 valence electrons. The highest BCUT2D eigenvalue weighted by atomic mass is 32.1. The topological polar surface area (TPSA) is 76.7 Å². The van der Waals surface area contributed by atoms with Crippen LogP contribution < -0.4 is 20.1 Å². The van der Waals surface area contributed by atoms with E-state index in [9.17, 15) is 9.59 Å². The van der Waals surface area contributed by atoms with Gasteiger partial charge in [-0.2, -0.15) is 0 Å². The van der Waals surface area contributed by atoms with E-state index in [4.69, 9.17) is 9.47 Å². The molecule has 34 heavy (non-hydrogen) atoms. The Morgan fingerprint density at radius 1 is 1.15 bits per heavy atom. The van der Waals surface area contributed by atoms with E-state index < -0.39 is 5.60 Å². The lowest BCUT2D eigenvalue weighted by Gasteiger charge is -2.38. The average Bonchev–Trinajstić information content (AvgIpc) is 3.32. The molecule has 0 radical (unpaired) electrons. The first-order valence-electron chi connectivity index (χ1n) is 11.0. The van der Waals surface area contributed by atoms with Crippen molar-refractivity contribution in [2.75, 3.05) is 7.11 Å². The molecule has 7 heteroatoms. The van der Waals surface area contributed by atoms with Crippen LogP contribution in [0.25, 0.3) is 6.08 Å². The quantitative estimate of drug-likeness (QED) is 0.476. The van der Waals surface area contributed by atoms with Crippen molar-refractivity contribution in [1.29, 1.82) is 0 Å². The zero-order chi connectivity index (χ0) is 24.3. The molecule has 1 aliphatic heterocycles. The summed E-state index contributed by atoms with van der Waals surface area (Å²) in [5.41, 5.74) is 2.19. The number of carbonyl (C=O) groups is 2. The molecule has 0 aliphatic carbocycles. The Morgan fingerprint density at radius 2 is 1.91 bits per heavy atom. The first-order valence-corrected chi connectivity index (χ1v) is 11.9. The molecule has 0 fully saturated rings. The van der Waals surface area contributed by atoms with Gasteiger partial charge in [-0.15, -0.1) is 11.3 Å². The highest BCUT2D eigenvalue weighted by molar-refractivity contribution is 7.10. The highest BCUT2D eigenvalue weighted by Crippen LogP contribution is 2.40. The maximum Gasteiger partial charge on any atom is 0.268 e. The summed E-state index contributed by atoms with van der Waals surface area (Å²) in [5, 5.41) is 7.85. The molecule has 0 bridgehead atoms. The number of fused-ring (bicyclic) bond motifs is 1. The monoisotopic (exact) mass is 476 g/mol. The molecule has 3 aromatic rings. The van der Waals surface area contributed by atoms with Crippen LogP contribution in [-0.4, -0.2) is 24.5 Å². The van der Waals surface area contributed by atoms with Crippen LogP contribution in [0, 0.1) is 6.92 Å². The number of nitrogens with one attached hydrogen (secondary N) is 2. The molecule has 2 heterocycles. The predicted molar refractivity (Wildman–Crippen MR) is 134 cm³/mol. The molecular formula is C27H28N2O4S. The minimum Gasteiger partial charge on any atom is -0.497 e. The molecule has 2 amide bonds. The van der Waals surface area contributed by atoms with Crippen molar-refractivity contribution in [2.45, 2.75) is 38.8 Å². The van der Waals surface area contributed by atoms with Crippen LogP contribution in [0.3, 0.4) is 0 Å². The van der Waals surface area contributed by atoms with Crippen molar-refractivity contribution in [3.05, 3.63) is 87.2 Å². The van der Waals surface area contributed by atoms with Crippen LogP contribution in [0.1, 0.15) is 52.7 Å². The Labute approximate surface area is 203 Å². The summed E-state index contributed by atoms with van der Waals surface area (Å²) < 4.78 is 11.3. The van der Waals surface area contributed by atoms with Crippen molar-refractivity contribution in [2.24, 2.45) is 0 Å². The van der Waals surface area contributed by atoms with Gasteiger partial charge in [-0.25, -0.2) is 0 Å². The van der Waals surface area contributed by atoms with E-state index in [2.05, 4.69) is 10.6 Å². The van der Waals surface area contributed by atoms with Crippen LogP contribution in [0.2, 0.25) is 0 Å². The molecule has 2 aromatic carbocycles. The summed E-state index contributed by atoms with van der Waals surface area (Å²) >= 11 is 1.49. The summed E-state index contributed by atoms with van der Waals surface area (Å²) in [6.07, 6.45) is 2.30. The van der Waals surface area contributed by atoms with Crippen molar-refractivity contribution in [3.8, 4) is 11.5 Å². The lowest BCUT2D eigenvalue weighted by molar-refractivity contribution is -0.119. The lowest BCUT2D eigenvalue weighted by atomic mass is 9.89. The second-order valence-electron chi connectivity index (χ2n) is 8.89. The van der Waals surface area contributed by atoms with E-state index in [-0.39, 0.29) is 23.6 Å². The van der Waals surface area contributed by atoms with Gasteiger partial charge in [-0.05, 0) is 68.6 Å². The molecule has 0 saturated carbocycles. The van der Waals surface area contributed by atoms with Gasteiger partial charge >= 0.3 is 0 Å². The fraction of sp³-hybridized carbons (Fsp3) is 0.259. The molecule has 1 atom stereocenters. The second kappa shape index (κ2) is 9.73. The second-order valence-corrected chi connectivity index (χ2v) is 9.87. The van der Waals surface area contributed by atoms with Crippen molar-refractivity contribution in [1.82, 2.24) is 10.6 Å². The van der Waals surface area contributed by atoms with Crippen molar-refractivity contribution < 1.29 is 19.1 Å². The summed E-state index contributed by atoms with van der Waals surface area (Å²) in [5.74, 6) is 0.688. The summed E-state index contributed by atoms with van der Waals surface area (Å²) in [4.78, 5) is 27.3. The van der Waals surface area contributed by atoms with Gasteiger partial charge in [0.05, 0.1) is 13.2 Å². The Kier molecular flexibility index (Phi) is 6.75. The van der Waals surface area contributed by atoms with Crippen LogP contribution in [0.4, 0.5) is 0 Å². The first-order chi connectivity index (χ1) is 16.2. The molecule has 0 spiro atoms. The Bertz CT molecular complexity index is 1210. The summed E-state index contributed by atoms with van der Waals surface area (Å²) in [7, 11) is 1.57. The van der Waals surface area contributed by atoms with Gasteiger partial charge in [0.25, 0.3) is 11.8 Å². The fourth-order valence-corrected chi connectivity index (χ4v) is 4.61. The van der Waals surface area contributed by atoms with Crippen molar-refractivity contribution >= 4 is 29.2 Å². The van der Waals surface area contributed by atoms with E-state index in [0.29, 0.717) is 17.7 Å². The number of aryl methyl sites for hydroxylation is 1. The van der Waals surface area contributed by atoms with Gasteiger partial charge in [0.1, 0.15) is 22.8 Å². The number of benzene rings is 2. The van der Waals surface area contributed by atoms with E-state index in [1.54, 1.807) is 37.5 Å². The average molecular weight is 477 g/mol. The van der Waals surface area contributed by atoms with E-state index in [1.807, 2.05) is 56.5 Å². The number of methoxy groups -OCH3 is 1. The van der Waals surface area contributed by atoms with Crippen LogP contribution in [0.5, 0.6) is 11.5 Å². The molecule has 6 nitrogen and oxygen atoms in total. The maximum absolute atomic E-state index is 13.5. The lowest BCUT2D eigenvalue weighted by Crippen LogP contribution is -2.43. The normalized spacial score (nSPS) is 16.7. The number of thiophene rings is 1. The van der Waals surface area contributed by atoms with E-state index in [0.717, 1.165) is 21.8 Å². The third-order valence-corrected chi connectivity index (χ3v) is 6.42. The molecule has 0 saturated heterocycles. The molecule has 4 rings (SSSR count). The fourth-order valence-electron chi connectivity index (χ4n) is 3.95. The highest BCUT2D eigenvalue weighted by Gasteiger charge is 2.35. The van der Waals surface area contributed by atoms with Crippen molar-refractivity contribution in [3.63, 3.8) is 0 Å². The molecule has 2 N–H and O–H groups in total. The molecule has 1 aromatic heterocycles. The zero-order valence-electron chi connectivity index (χ0n) is 19.7. The van der Waals surface area contributed by atoms with Gasteiger partial charge in [0.15, 0.2) is 0 Å². The first kappa shape index (κ1) is 23.6.